The highest BCUT2D eigenvalue weighted by Crippen LogP contribution is 2.20. The van der Waals surface area contributed by atoms with Crippen molar-refractivity contribution in [1.82, 2.24) is 9.97 Å². The Kier molecular flexibility index (Phi) is 5.99. The van der Waals surface area contributed by atoms with Crippen LogP contribution in [0, 0.1) is 10.1 Å². The number of rotatable bonds is 3. The van der Waals surface area contributed by atoms with E-state index in [0.29, 0.717) is 12.1 Å². The summed E-state index contributed by atoms with van der Waals surface area (Å²) in [5, 5.41) is 19.3. The highest BCUT2D eigenvalue weighted by molar-refractivity contribution is 6.28. The number of nitrogens with zero attached hydrogens (tertiary/aromatic N) is 3. The van der Waals surface area contributed by atoms with Crippen LogP contribution >= 0.6 is 11.6 Å². The van der Waals surface area contributed by atoms with Crippen molar-refractivity contribution < 1.29 is 14.8 Å². The van der Waals surface area contributed by atoms with E-state index in [4.69, 9.17) is 22.6 Å². The molecule has 0 bridgehead atoms. The van der Waals surface area contributed by atoms with Gasteiger partial charge < -0.3 is 10.5 Å². The van der Waals surface area contributed by atoms with E-state index >= 15 is 0 Å². The lowest BCUT2D eigenvalue weighted by atomic mass is 10.2. The standard InChI is InChI=1S/C7H5NO4.C4H5ClN4/c9-4-5-3-6(8(11)12)1-2-7(5)10;5-4-7-2-1-3(8-4)9-6/h1-4,10H;1-2H,6H2,(H,7,8,9). The number of aromatic nitrogens is 2. The molecule has 0 unspecified atom stereocenters. The summed E-state index contributed by atoms with van der Waals surface area (Å²) in [5.74, 6) is 5.27. The number of nitro benzene ring substituents is 1. The lowest BCUT2D eigenvalue weighted by molar-refractivity contribution is -0.384. The normalized spacial score (nSPS) is 9.24. The quantitative estimate of drug-likeness (QED) is 0.254. The maximum atomic E-state index is 10.2. The van der Waals surface area contributed by atoms with Gasteiger partial charge in [-0.1, -0.05) is 0 Å². The van der Waals surface area contributed by atoms with E-state index in [0.717, 1.165) is 18.2 Å². The average molecular weight is 312 g/mol. The number of non-ortho nitro benzene ring substituents is 1. The summed E-state index contributed by atoms with van der Waals surface area (Å²) < 4.78 is 0. The molecule has 1 heterocycles. The number of phenolic OH excluding ortho intramolecular Hbond substituents is 1. The van der Waals surface area contributed by atoms with E-state index < -0.39 is 4.92 Å². The fourth-order valence-electron chi connectivity index (χ4n) is 1.17. The van der Waals surface area contributed by atoms with Crippen molar-refractivity contribution in [1.29, 1.82) is 0 Å². The van der Waals surface area contributed by atoms with Gasteiger partial charge in [-0.2, -0.15) is 4.98 Å². The number of nitrogens with one attached hydrogen (secondary N) is 1. The molecule has 0 aliphatic heterocycles. The van der Waals surface area contributed by atoms with Crippen molar-refractivity contribution in [3.05, 3.63) is 51.4 Å². The summed E-state index contributed by atoms with van der Waals surface area (Å²) >= 11 is 5.41. The first kappa shape index (κ1) is 16.3. The van der Waals surface area contributed by atoms with Crippen molar-refractivity contribution >= 4 is 29.4 Å². The number of halogens is 1. The van der Waals surface area contributed by atoms with E-state index in [1.165, 1.54) is 6.20 Å². The summed E-state index contributed by atoms with van der Waals surface area (Å²) in [6.07, 6.45) is 1.88. The Balaban J connectivity index is 0.000000219. The van der Waals surface area contributed by atoms with E-state index in [-0.39, 0.29) is 22.3 Å². The number of carbonyl (C=O) groups is 1. The molecule has 0 aliphatic rings. The molecule has 0 saturated heterocycles. The second-order valence-electron chi connectivity index (χ2n) is 3.47. The molecule has 0 radical (unpaired) electrons. The van der Waals surface area contributed by atoms with Gasteiger partial charge in [-0.25, -0.2) is 10.8 Å². The van der Waals surface area contributed by atoms with Crippen LogP contribution in [0.15, 0.2) is 30.5 Å². The zero-order valence-electron chi connectivity index (χ0n) is 10.4. The van der Waals surface area contributed by atoms with Gasteiger partial charge in [0.1, 0.15) is 11.6 Å². The molecule has 9 nitrogen and oxygen atoms in total. The number of hydrazine groups is 1. The van der Waals surface area contributed by atoms with Gasteiger partial charge in [0.05, 0.1) is 10.5 Å². The van der Waals surface area contributed by atoms with E-state index in [1.54, 1.807) is 6.07 Å². The third kappa shape index (κ3) is 5.01. The minimum atomic E-state index is -0.633. The summed E-state index contributed by atoms with van der Waals surface area (Å²) in [4.78, 5) is 27.1. The Morgan fingerprint density at radius 1 is 1.43 bits per heavy atom. The van der Waals surface area contributed by atoms with E-state index in [1.807, 2.05) is 0 Å². The van der Waals surface area contributed by atoms with Crippen LogP contribution in [0.5, 0.6) is 5.75 Å². The lowest BCUT2D eigenvalue weighted by Gasteiger charge is -1.95. The van der Waals surface area contributed by atoms with Crippen LogP contribution in [-0.2, 0) is 0 Å². The number of anilines is 1. The zero-order valence-corrected chi connectivity index (χ0v) is 11.2. The summed E-state index contributed by atoms with van der Waals surface area (Å²) in [5.41, 5.74) is 2.04. The second kappa shape index (κ2) is 7.72. The summed E-state index contributed by atoms with van der Waals surface area (Å²) in [6.45, 7) is 0. The third-order valence-corrected chi connectivity index (χ3v) is 2.31. The number of benzene rings is 1. The predicted molar refractivity (Wildman–Crippen MR) is 75.0 cm³/mol. The molecular weight excluding hydrogens is 302 g/mol. The van der Waals surface area contributed by atoms with Crippen molar-refractivity contribution in [3.8, 4) is 5.75 Å². The highest BCUT2D eigenvalue weighted by Gasteiger charge is 2.08. The molecule has 4 N–H and O–H groups in total. The Bertz CT molecular complexity index is 652. The van der Waals surface area contributed by atoms with Gasteiger partial charge in [0.2, 0.25) is 5.28 Å². The Morgan fingerprint density at radius 3 is 2.62 bits per heavy atom. The minimum Gasteiger partial charge on any atom is -0.507 e. The predicted octanol–water partition coefficient (Wildman–Crippen LogP) is 1.53. The molecule has 110 valence electrons. The van der Waals surface area contributed by atoms with Crippen LogP contribution in [0.1, 0.15) is 10.4 Å². The molecule has 0 spiro atoms. The molecule has 21 heavy (non-hydrogen) atoms. The van der Waals surface area contributed by atoms with Crippen LogP contribution in [0.3, 0.4) is 0 Å². The maximum absolute atomic E-state index is 10.2. The number of nitrogen functional groups attached to an aromatic ring is 1. The molecule has 0 amide bonds. The lowest BCUT2D eigenvalue weighted by Crippen LogP contribution is -2.08. The molecule has 1 aromatic heterocycles. The van der Waals surface area contributed by atoms with Crippen LogP contribution in [0.4, 0.5) is 11.5 Å². The number of hydrogen-bond acceptors (Lipinski definition) is 8. The molecule has 0 atom stereocenters. The Hall–Kier alpha value is -2.78. The van der Waals surface area contributed by atoms with Crippen LogP contribution in [0.25, 0.3) is 0 Å². The van der Waals surface area contributed by atoms with Crippen LogP contribution < -0.4 is 11.3 Å². The molecule has 10 heteroatoms. The number of aldehydes is 1. The number of carbonyl (C=O) groups excluding carboxylic acids is 1. The topological polar surface area (TPSA) is 144 Å². The second-order valence-corrected chi connectivity index (χ2v) is 3.81. The molecule has 0 aliphatic carbocycles. The van der Waals surface area contributed by atoms with Crippen molar-refractivity contribution in [2.24, 2.45) is 5.84 Å². The zero-order chi connectivity index (χ0) is 15.8. The van der Waals surface area contributed by atoms with Crippen molar-refractivity contribution in [2.45, 2.75) is 0 Å². The van der Waals surface area contributed by atoms with Crippen molar-refractivity contribution in [2.75, 3.05) is 5.43 Å². The molecule has 2 rings (SSSR count). The van der Waals surface area contributed by atoms with Gasteiger partial charge in [0, 0.05) is 24.4 Å². The van der Waals surface area contributed by atoms with E-state index in [9.17, 15) is 14.9 Å². The Morgan fingerprint density at radius 2 is 2.14 bits per heavy atom. The largest absolute Gasteiger partial charge is 0.507 e. The number of nitrogens with two attached hydrogens (primary N) is 1. The Labute approximate surface area is 123 Å². The van der Waals surface area contributed by atoms with Crippen LogP contribution in [-0.4, -0.2) is 26.3 Å². The summed E-state index contributed by atoms with van der Waals surface area (Å²) in [7, 11) is 0. The van der Waals surface area contributed by atoms with Gasteiger partial charge in [-0.15, -0.1) is 0 Å². The summed E-state index contributed by atoms with van der Waals surface area (Å²) in [6, 6.07) is 4.87. The van der Waals surface area contributed by atoms with Gasteiger partial charge in [-0.3, -0.25) is 14.9 Å². The van der Waals surface area contributed by atoms with Crippen molar-refractivity contribution in [3.63, 3.8) is 0 Å². The third-order valence-electron chi connectivity index (χ3n) is 2.12. The maximum Gasteiger partial charge on any atom is 0.270 e. The fraction of sp³-hybridized carbons (Fsp3) is 0. The number of phenols is 1. The van der Waals surface area contributed by atoms with E-state index in [2.05, 4.69) is 15.4 Å². The molecule has 0 saturated carbocycles. The van der Waals surface area contributed by atoms with Gasteiger partial charge in [0.15, 0.2) is 6.29 Å². The van der Waals surface area contributed by atoms with Gasteiger partial charge >= 0.3 is 0 Å². The van der Waals surface area contributed by atoms with Crippen LogP contribution in [0.2, 0.25) is 5.28 Å². The number of aromatic hydroxyl groups is 1. The van der Waals surface area contributed by atoms with Gasteiger partial charge in [0.25, 0.3) is 5.69 Å². The minimum absolute atomic E-state index is 0.0794. The highest BCUT2D eigenvalue weighted by atomic mass is 35.5. The first-order chi connectivity index (χ1) is 9.97. The molecule has 0 fully saturated rings. The molecule has 2 aromatic rings. The SMILES string of the molecule is NNc1ccnc(Cl)n1.O=Cc1cc([N+](=O)[O-])ccc1O. The fourth-order valence-corrected chi connectivity index (χ4v) is 1.31. The first-order valence-corrected chi connectivity index (χ1v) is 5.73. The number of hydrogen-bond donors (Lipinski definition) is 3. The smallest absolute Gasteiger partial charge is 0.270 e. The molecular formula is C11H10ClN5O4. The first-order valence-electron chi connectivity index (χ1n) is 5.35. The van der Waals surface area contributed by atoms with Gasteiger partial charge in [-0.05, 0) is 17.7 Å². The molecule has 1 aromatic carbocycles. The average Bonchev–Trinajstić information content (AvgIpc) is 2.48. The monoisotopic (exact) mass is 311 g/mol. The number of nitro groups is 1.